The molecule has 2 aromatic rings. The molecule has 0 bridgehead atoms. The summed E-state index contributed by atoms with van der Waals surface area (Å²) in [6.07, 6.45) is -5.14. The first-order valence-electron chi connectivity index (χ1n) is 7.17. The van der Waals surface area contributed by atoms with Crippen molar-refractivity contribution in [2.24, 2.45) is 5.16 Å². The number of nitrogens with zero attached hydrogens (tertiary/aromatic N) is 1. The molecular weight excluding hydrogens is 489 g/mol. The standard InChI is InChI=1S/C17H11Cl2F3INO/c1-9-2-3-10(4-14(9)23)15-8-16(25-24-15,17(20,21)22)11-5-12(18)7-13(19)6-11/h2-7H,8H2,1H3. The predicted molar refractivity (Wildman–Crippen MR) is 100 cm³/mol. The lowest BCUT2D eigenvalue weighted by Crippen LogP contribution is -2.42. The molecule has 1 unspecified atom stereocenters. The third-order valence-corrected chi connectivity index (χ3v) is 5.62. The number of aryl methyl sites for hydroxylation is 1. The zero-order valence-corrected chi connectivity index (χ0v) is 16.5. The molecule has 0 saturated heterocycles. The molecule has 0 radical (unpaired) electrons. The van der Waals surface area contributed by atoms with Gasteiger partial charge in [-0.05, 0) is 59.3 Å². The molecule has 1 heterocycles. The summed E-state index contributed by atoms with van der Waals surface area (Å²) in [5.74, 6) is 0. The molecule has 0 fully saturated rings. The van der Waals surface area contributed by atoms with Crippen molar-refractivity contribution < 1.29 is 18.0 Å². The topological polar surface area (TPSA) is 21.6 Å². The van der Waals surface area contributed by atoms with Gasteiger partial charge in [0.25, 0.3) is 5.60 Å². The first-order valence-corrected chi connectivity index (χ1v) is 9.01. The summed E-state index contributed by atoms with van der Waals surface area (Å²) >= 11 is 13.9. The van der Waals surface area contributed by atoms with Gasteiger partial charge in [-0.25, -0.2) is 0 Å². The van der Waals surface area contributed by atoms with Crippen LogP contribution in [0.15, 0.2) is 41.6 Å². The smallest absolute Gasteiger partial charge is 0.374 e. The zero-order chi connectivity index (χ0) is 18.4. The van der Waals surface area contributed by atoms with Gasteiger partial charge in [0.05, 0.1) is 5.71 Å². The van der Waals surface area contributed by atoms with Gasteiger partial charge in [0.2, 0.25) is 0 Å². The maximum atomic E-state index is 13.9. The quantitative estimate of drug-likeness (QED) is 0.433. The third kappa shape index (κ3) is 3.48. The minimum absolute atomic E-state index is 0.105. The first kappa shape index (κ1) is 18.8. The summed E-state index contributed by atoms with van der Waals surface area (Å²) in [7, 11) is 0. The maximum absolute atomic E-state index is 13.9. The summed E-state index contributed by atoms with van der Waals surface area (Å²) in [6.45, 7) is 1.92. The van der Waals surface area contributed by atoms with E-state index in [9.17, 15) is 13.2 Å². The number of alkyl halides is 3. The highest BCUT2D eigenvalue weighted by Crippen LogP contribution is 2.49. The molecule has 2 nitrogen and oxygen atoms in total. The van der Waals surface area contributed by atoms with Crippen LogP contribution in [-0.4, -0.2) is 11.9 Å². The fourth-order valence-corrected chi connectivity index (χ4v) is 3.66. The van der Waals surface area contributed by atoms with Crippen molar-refractivity contribution >= 4 is 51.5 Å². The van der Waals surface area contributed by atoms with Crippen LogP contribution in [0.5, 0.6) is 0 Å². The Balaban J connectivity index is 2.04. The van der Waals surface area contributed by atoms with E-state index in [0.29, 0.717) is 5.56 Å². The third-order valence-electron chi connectivity index (χ3n) is 4.02. The fourth-order valence-electron chi connectivity index (χ4n) is 2.62. The first-order chi connectivity index (χ1) is 11.6. The van der Waals surface area contributed by atoms with Crippen LogP contribution in [0.2, 0.25) is 10.0 Å². The minimum atomic E-state index is -4.69. The van der Waals surface area contributed by atoms with Crippen molar-refractivity contribution in [3.8, 4) is 0 Å². The van der Waals surface area contributed by atoms with Crippen molar-refractivity contribution in [2.75, 3.05) is 0 Å². The van der Waals surface area contributed by atoms with E-state index in [1.807, 2.05) is 13.0 Å². The average molecular weight is 500 g/mol. The van der Waals surface area contributed by atoms with Crippen LogP contribution < -0.4 is 0 Å². The fraction of sp³-hybridized carbons (Fsp3) is 0.235. The molecule has 0 amide bonds. The molecule has 1 aliphatic rings. The summed E-state index contributed by atoms with van der Waals surface area (Å²) in [6, 6.07) is 9.14. The Bertz CT molecular complexity index is 849. The van der Waals surface area contributed by atoms with E-state index in [2.05, 4.69) is 27.7 Å². The van der Waals surface area contributed by atoms with Crippen LogP contribution in [0.4, 0.5) is 13.2 Å². The van der Waals surface area contributed by atoms with Crippen LogP contribution >= 0.6 is 45.8 Å². The predicted octanol–water partition coefficient (Wildman–Crippen LogP) is 6.49. The minimum Gasteiger partial charge on any atom is -0.374 e. The van der Waals surface area contributed by atoms with Crippen LogP contribution in [0, 0.1) is 10.5 Å². The molecule has 0 saturated carbocycles. The Morgan fingerprint density at radius 3 is 2.32 bits per heavy atom. The highest BCUT2D eigenvalue weighted by atomic mass is 127. The maximum Gasteiger partial charge on any atom is 0.435 e. The molecule has 0 N–H and O–H groups in total. The van der Waals surface area contributed by atoms with Crippen LogP contribution in [0.3, 0.4) is 0 Å². The van der Waals surface area contributed by atoms with E-state index in [1.54, 1.807) is 12.1 Å². The second-order valence-electron chi connectivity index (χ2n) is 5.75. The molecule has 3 rings (SSSR count). The molecule has 1 atom stereocenters. The van der Waals surface area contributed by atoms with Gasteiger partial charge >= 0.3 is 6.18 Å². The number of benzene rings is 2. The summed E-state index contributed by atoms with van der Waals surface area (Å²) < 4.78 is 42.7. The highest BCUT2D eigenvalue weighted by molar-refractivity contribution is 14.1. The van der Waals surface area contributed by atoms with E-state index < -0.39 is 18.2 Å². The Morgan fingerprint density at radius 1 is 1.12 bits per heavy atom. The second-order valence-corrected chi connectivity index (χ2v) is 7.79. The van der Waals surface area contributed by atoms with Gasteiger partial charge in [0.1, 0.15) is 0 Å². The van der Waals surface area contributed by atoms with Crippen LogP contribution in [0.25, 0.3) is 0 Å². The van der Waals surface area contributed by atoms with Gasteiger partial charge in [-0.3, -0.25) is 0 Å². The molecule has 132 valence electrons. The largest absolute Gasteiger partial charge is 0.435 e. The Labute approximate surface area is 166 Å². The normalized spacial score (nSPS) is 20.4. The van der Waals surface area contributed by atoms with Gasteiger partial charge in [0, 0.05) is 31.2 Å². The second kappa shape index (κ2) is 6.63. The van der Waals surface area contributed by atoms with Gasteiger partial charge in [-0.2, -0.15) is 13.2 Å². The molecular formula is C17H11Cl2F3INO. The number of oxime groups is 1. The molecule has 0 aliphatic carbocycles. The number of hydrogen-bond acceptors (Lipinski definition) is 2. The van der Waals surface area contributed by atoms with Crippen molar-refractivity contribution in [3.05, 3.63) is 66.7 Å². The van der Waals surface area contributed by atoms with Gasteiger partial charge in [-0.15, -0.1) is 0 Å². The van der Waals surface area contributed by atoms with Gasteiger partial charge < -0.3 is 4.84 Å². The van der Waals surface area contributed by atoms with Crippen molar-refractivity contribution in [2.45, 2.75) is 25.1 Å². The number of rotatable bonds is 2. The number of halogens is 6. The van der Waals surface area contributed by atoms with Crippen molar-refractivity contribution in [3.63, 3.8) is 0 Å². The average Bonchev–Trinajstić information content (AvgIpc) is 2.95. The lowest BCUT2D eigenvalue weighted by Gasteiger charge is -2.29. The summed E-state index contributed by atoms with van der Waals surface area (Å²) in [4.78, 5) is 4.98. The van der Waals surface area contributed by atoms with Gasteiger partial charge in [0.15, 0.2) is 0 Å². The molecule has 8 heteroatoms. The highest BCUT2D eigenvalue weighted by Gasteiger charge is 2.62. The van der Waals surface area contributed by atoms with E-state index in [1.165, 1.54) is 18.2 Å². The Kier molecular flexibility index (Phi) is 4.98. The monoisotopic (exact) mass is 499 g/mol. The molecule has 0 aromatic heterocycles. The number of hydrogen-bond donors (Lipinski definition) is 0. The Morgan fingerprint density at radius 2 is 1.76 bits per heavy atom. The van der Waals surface area contributed by atoms with E-state index >= 15 is 0 Å². The van der Waals surface area contributed by atoms with E-state index in [0.717, 1.165) is 9.13 Å². The Hall–Kier alpha value is -0.990. The van der Waals surface area contributed by atoms with E-state index in [-0.39, 0.29) is 21.3 Å². The molecule has 2 aromatic carbocycles. The van der Waals surface area contributed by atoms with Crippen LogP contribution in [0.1, 0.15) is 23.1 Å². The van der Waals surface area contributed by atoms with Gasteiger partial charge in [-0.1, -0.05) is 40.5 Å². The van der Waals surface area contributed by atoms with Crippen molar-refractivity contribution in [1.29, 1.82) is 0 Å². The lowest BCUT2D eigenvalue weighted by molar-refractivity contribution is -0.275. The SMILES string of the molecule is Cc1ccc(C2=NOC(c3cc(Cl)cc(Cl)c3)(C(F)(F)F)C2)cc1I. The van der Waals surface area contributed by atoms with E-state index in [4.69, 9.17) is 28.0 Å². The zero-order valence-electron chi connectivity index (χ0n) is 12.8. The molecule has 25 heavy (non-hydrogen) atoms. The molecule has 1 aliphatic heterocycles. The van der Waals surface area contributed by atoms with Crippen molar-refractivity contribution in [1.82, 2.24) is 0 Å². The van der Waals surface area contributed by atoms with Crippen LogP contribution in [-0.2, 0) is 10.4 Å². The summed E-state index contributed by atoms with van der Waals surface area (Å²) in [5.41, 5.74) is -0.918. The lowest BCUT2D eigenvalue weighted by atomic mass is 9.86. The molecule has 0 spiro atoms. The summed E-state index contributed by atoms with van der Waals surface area (Å²) in [5, 5.41) is 3.95.